The first-order chi connectivity index (χ1) is 6.49. The Hall–Kier alpha value is -1.17. The van der Waals surface area contributed by atoms with Crippen LogP contribution in [0.4, 0.5) is 0 Å². The summed E-state index contributed by atoms with van der Waals surface area (Å²) in [4.78, 5) is 22.7. The summed E-state index contributed by atoms with van der Waals surface area (Å²) in [6.07, 6.45) is 1.07. The van der Waals surface area contributed by atoms with Crippen molar-refractivity contribution < 1.29 is 9.59 Å². The van der Waals surface area contributed by atoms with Gasteiger partial charge in [-0.25, -0.2) is 0 Å². The number of ketones is 2. The highest BCUT2D eigenvalue weighted by atomic mass is 16.1. The number of nitrogens with zero attached hydrogens (tertiary/aromatic N) is 1. The molecular formula is C11H17NO2. The molecule has 3 heteroatoms. The molecule has 0 heterocycles. The van der Waals surface area contributed by atoms with Crippen LogP contribution in [-0.2, 0) is 9.59 Å². The van der Waals surface area contributed by atoms with E-state index in [4.69, 9.17) is 5.26 Å². The first-order valence-corrected chi connectivity index (χ1v) is 4.89. The van der Waals surface area contributed by atoms with Gasteiger partial charge in [0, 0.05) is 12.8 Å². The molecule has 0 bridgehead atoms. The highest BCUT2D eigenvalue weighted by molar-refractivity contribution is 6.01. The molecule has 0 aromatic rings. The highest BCUT2D eigenvalue weighted by Crippen LogP contribution is 2.14. The maximum absolute atomic E-state index is 11.6. The minimum Gasteiger partial charge on any atom is -0.299 e. The molecule has 0 spiro atoms. The Balaban J connectivity index is 4.28. The first kappa shape index (κ1) is 12.8. The van der Waals surface area contributed by atoms with E-state index in [1.807, 2.05) is 19.9 Å². The molecule has 1 atom stereocenters. The van der Waals surface area contributed by atoms with Crippen molar-refractivity contribution in [3.8, 4) is 6.07 Å². The number of carbonyl (C=O) groups excluding carboxylic acids is 2. The first-order valence-electron chi connectivity index (χ1n) is 4.89. The maximum atomic E-state index is 11.6. The van der Waals surface area contributed by atoms with Gasteiger partial charge in [0.05, 0.1) is 12.0 Å². The lowest BCUT2D eigenvalue weighted by Gasteiger charge is -2.12. The lowest BCUT2D eigenvalue weighted by Crippen LogP contribution is -2.23. The second kappa shape index (κ2) is 6.31. The number of nitriles is 1. The van der Waals surface area contributed by atoms with Crippen molar-refractivity contribution in [1.82, 2.24) is 0 Å². The standard InChI is InChI=1S/C11H17NO2/c1-8(2)7-11(14)10(9(3)13)5-4-6-12/h8,10H,4-5,7H2,1-3H3. The molecule has 0 saturated carbocycles. The Labute approximate surface area is 85.1 Å². The van der Waals surface area contributed by atoms with Crippen molar-refractivity contribution >= 4 is 11.6 Å². The largest absolute Gasteiger partial charge is 0.299 e. The lowest BCUT2D eigenvalue weighted by molar-refractivity contribution is -0.132. The topological polar surface area (TPSA) is 57.9 Å². The smallest absolute Gasteiger partial charge is 0.143 e. The van der Waals surface area contributed by atoms with Gasteiger partial charge in [-0.15, -0.1) is 0 Å². The molecule has 0 rings (SSSR count). The van der Waals surface area contributed by atoms with Crippen LogP contribution in [0.5, 0.6) is 0 Å². The van der Waals surface area contributed by atoms with E-state index in [9.17, 15) is 9.59 Å². The number of carbonyl (C=O) groups is 2. The summed E-state index contributed by atoms with van der Waals surface area (Å²) in [6.45, 7) is 5.30. The van der Waals surface area contributed by atoms with E-state index in [1.165, 1.54) is 6.92 Å². The van der Waals surface area contributed by atoms with E-state index in [2.05, 4.69) is 0 Å². The van der Waals surface area contributed by atoms with Crippen molar-refractivity contribution in [2.45, 2.75) is 40.0 Å². The van der Waals surface area contributed by atoms with E-state index in [0.29, 0.717) is 12.8 Å². The Morgan fingerprint density at radius 1 is 1.36 bits per heavy atom. The number of hydrogen-bond acceptors (Lipinski definition) is 3. The zero-order chi connectivity index (χ0) is 11.1. The lowest BCUT2D eigenvalue weighted by atomic mass is 9.90. The van der Waals surface area contributed by atoms with Crippen molar-refractivity contribution in [3.05, 3.63) is 0 Å². The minimum absolute atomic E-state index is 0.0252. The van der Waals surface area contributed by atoms with Crippen LogP contribution in [0.3, 0.4) is 0 Å². The monoisotopic (exact) mass is 195 g/mol. The Morgan fingerprint density at radius 2 is 1.93 bits per heavy atom. The quantitative estimate of drug-likeness (QED) is 0.610. The van der Waals surface area contributed by atoms with Gasteiger partial charge in [0.1, 0.15) is 11.6 Å². The SMILES string of the molecule is CC(=O)C(CCC#N)C(=O)CC(C)C. The summed E-state index contributed by atoms with van der Waals surface area (Å²) < 4.78 is 0. The summed E-state index contributed by atoms with van der Waals surface area (Å²) in [6, 6.07) is 1.96. The summed E-state index contributed by atoms with van der Waals surface area (Å²) in [5, 5.41) is 8.39. The molecule has 78 valence electrons. The predicted molar refractivity (Wildman–Crippen MR) is 53.5 cm³/mol. The zero-order valence-corrected chi connectivity index (χ0v) is 9.04. The molecule has 0 saturated heterocycles. The average molecular weight is 195 g/mol. The number of rotatable bonds is 6. The average Bonchev–Trinajstić information content (AvgIpc) is 2.02. The fourth-order valence-corrected chi connectivity index (χ4v) is 1.34. The predicted octanol–water partition coefficient (Wildman–Crippen LogP) is 2.11. The molecule has 0 aliphatic rings. The second-order valence-electron chi connectivity index (χ2n) is 3.92. The van der Waals surface area contributed by atoms with Crippen molar-refractivity contribution in [1.29, 1.82) is 5.26 Å². The summed E-state index contributed by atoms with van der Waals surface area (Å²) in [5.41, 5.74) is 0. The van der Waals surface area contributed by atoms with Crippen LogP contribution in [-0.4, -0.2) is 11.6 Å². The van der Waals surface area contributed by atoms with Crippen LogP contribution in [0.15, 0.2) is 0 Å². The van der Waals surface area contributed by atoms with Gasteiger partial charge in [-0.05, 0) is 19.3 Å². The van der Waals surface area contributed by atoms with Crippen molar-refractivity contribution in [2.24, 2.45) is 11.8 Å². The molecule has 3 nitrogen and oxygen atoms in total. The zero-order valence-electron chi connectivity index (χ0n) is 9.04. The van der Waals surface area contributed by atoms with Crippen LogP contribution < -0.4 is 0 Å². The number of Topliss-reactive ketones (excluding diaryl/α,β-unsaturated/α-hetero) is 2. The van der Waals surface area contributed by atoms with E-state index in [-0.39, 0.29) is 23.9 Å². The molecule has 0 aromatic heterocycles. The second-order valence-corrected chi connectivity index (χ2v) is 3.92. The third-order valence-corrected chi connectivity index (χ3v) is 2.03. The van der Waals surface area contributed by atoms with Gasteiger partial charge in [0.2, 0.25) is 0 Å². The number of hydrogen-bond donors (Lipinski definition) is 0. The van der Waals surface area contributed by atoms with Crippen molar-refractivity contribution in [3.63, 3.8) is 0 Å². The van der Waals surface area contributed by atoms with Gasteiger partial charge in [-0.3, -0.25) is 9.59 Å². The third kappa shape index (κ3) is 4.76. The van der Waals surface area contributed by atoms with Crippen LogP contribution in [0, 0.1) is 23.2 Å². The van der Waals surface area contributed by atoms with E-state index >= 15 is 0 Å². The van der Waals surface area contributed by atoms with Crippen LogP contribution in [0.2, 0.25) is 0 Å². The Kier molecular flexibility index (Phi) is 5.78. The van der Waals surface area contributed by atoms with Gasteiger partial charge in [-0.1, -0.05) is 13.8 Å². The van der Waals surface area contributed by atoms with Crippen LogP contribution in [0.25, 0.3) is 0 Å². The Bertz CT molecular complexity index is 251. The molecule has 0 fully saturated rings. The van der Waals surface area contributed by atoms with E-state index < -0.39 is 5.92 Å². The molecule has 0 amide bonds. The molecule has 1 unspecified atom stereocenters. The van der Waals surface area contributed by atoms with Crippen LogP contribution in [0.1, 0.15) is 40.0 Å². The molecular weight excluding hydrogens is 178 g/mol. The third-order valence-electron chi connectivity index (χ3n) is 2.03. The van der Waals surface area contributed by atoms with Gasteiger partial charge in [0.15, 0.2) is 0 Å². The minimum atomic E-state index is -0.558. The molecule has 0 aliphatic heterocycles. The van der Waals surface area contributed by atoms with Gasteiger partial charge in [-0.2, -0.15) is 5.26 Å². The van der Waals surface area contributed by atoms with Gasteiger partial charge in [0.25, 0.3) is 0 Å². The van der Waals surface area contributed by atoms with Crippen LogP contribution >= 0.6 is 0 Å². The summed E-state index contributed by atoms with van der Waals surface area (Å²) in [5.74, 6) is -0.433. The van der Waals surface area contributed by atoms with E-state index in [1.54, 1.807) is 0 Å². The maximum Gasteiger partial charge on any atom is 0.143 e. The summed E-state index contributed by atoms with van der Waals surface area (Å²) >= 11 is 0. The summed E-state index contributed by atoms with van der Waals surface area (Å²) in [7, 11) is 0. The molecule has 0 N–H and O–H groups in total. The fourth-order valence-electron chi connectivity index (χ4n) is 1.34. The molecule has 0 radical (unpaired) electrons. The van der Waals surface area contributed by atoms with E-state index in [0.717, 1.165) is 0 Å². The molecule has 14 heavy (non-hydrogen) atoms. The Morgan fingerprint density at radius 3 is 2.29 bits per heavy atom. The highest BCUT2D eigenvalue weighted by Gasteiger charge is 2.22. The molecule has 0 aromatic carbocycles. The molecule has 0 aliphatic carbocycles. The fraction of sp³-hybridized carbons (Fsp3) is 0.727. The van der Waals surface area contributed by atoms with Gasteiger partial charge >= 0.3 is 0 Å². The van der Waals surface area contributed by atoms with Crippen molar-refractivity contribution in [2.75, 3.05) is 0 Å². The normalized spacial score (nSPS) is 12.2. The van der Waals surface area contributed by atoms with Gasteiger partial charge < -0.3 is 0 Å².